The van der Waals surface area contributed by atoms with E-state index in [1.165, 1.54) is 6.07 Å². The van der Waals surface area contributed by atoms with E-state index in [-0.39, 0.29) is 0 Å². The summed E-state index contributed by atoms with van der Waals surface area (Å²) < 4.78 is 38.3. The van der Waals surface area contributed by atoms with Gasteiger partial charge in [-0.1, -0.05) is 17.7 Å². The number of benzene rings is 1. The molecule has 0 N–H and O–H groups in total. The summed E-state index contributed by atoms with van der Waals surface area (Å²) in [5.41, 5.74) is -1.07. The molecule has 1 rings (SSSR count). The van der Waals surface area contributed by atoms with Crippen molar-refractivity contribution in [2.75, 3.05) is 0 Å². The second-order valence-corrected chi connectivity index (χ2v) is 2.69. The average molecular weight is 206 g/mol. The van der Waals surface area contributed by atoms with Crippen molar-refractivity contribution in [1.82, 2.24) is 0 Å². The number of hydrogen-bond donors (Lipinski definition) is 0. The van der Waals surface area contributed by atoms with Crippen molar-refractivity contribution in [2.24, 2.45) is 0 Å². The van der Waals surface area contributed by atoms with Gasteiger partial charge >= 0.3 is 5.92 Å². The summed E-state index contributed by atoms with van der Waals surface area (Å²) in [6.45, 7) is 0. The molecule has 0 aliphatic heterocycles. The summed E-state index contributed by atoms with van der Waals surface area (Å²) in [5, 5.41) is 7.62. The summed E-state index contributed by atoms with van der Waals surface area (Å²) >= 11 is 5.32. The van der Waals surface area contributed by atoms with Crippen molar-refractivity contribution in [3.63, 3.8) is 0 Å². The van der Waals surface area contributed by atoms with Gasteiger partial charge in [0.05, 0.1) is 10.6 Å². The maximum Gasteiger partial charge on any atom is 0.361 e. The van der Waals surface area contributed by atoms with E-state index in [1.54, 1.807) is 0 Å². The summed E-state index contributed by atoms with van der Waals surface area (Å²) in [7, 11) is 0. The molecule has 5 heteroatoms. The lowest BCUT2D eigenvalue weighted by molar-refractivity contribution is 0.0573. The van der Waals surface area contributed by atoms with Crippen LogP contribution in [0.5, 0.6) is 0 Å². The van der Waals surface area contributed by atoms with Crippen molar-refractivity contribution in [2.45, 2.75) is 5.92 Å². The van der Waals surface area contributed by atoms with Crippen molar-refractivity contribution >= 4 is 11.6 Å². The minimum Gasteiger partial charge on any atom is -0.206 e. The Morgan fingerprint density at radius 1 is 1.38 bits per heavy atom. The van der Waals surface area contributed by atoms with Gasteiger partial charge < -0.3 is 0 Å². The zero-order valence-corrected chi connectivity index (χ0v) is 6.95. The topological polar surface area (TPSA) is 23.8 Å². The third-order valence-electron chi connectivity index (χ3n) is 1.42. The minimum atomic E-state index is -3.89. The molecule has 0 unspecified atom stereocenters. The fourth-order valence-electron chi connectivity index (χ4n) is 0.854. The van der Waals surface area contributed by atoms with E-state index >= 15 is 0 Å². The van der Waals surface area contributed by atoms with Crippen LogP contribution >= 0.6 is 11.6 Å². The lowest BCUT2D eigenvalue weighted by Gasteiger charge is -2.09. The number of hydrogen-bond acceptors (Lipinski definition) is 1. The average Bonchev–Trinajstić information content (AvgIpc) is 2.03. The maximum atomic E-state index is 12.8. The lowest BCUT2D eigenvalue weighted by Crippen LogP contribution is -2.13. The number of nitriles is 1. The van der Waals surface area contributed by atoms with Gasteiger partial charge in [0, 0.05) is 0 Å². The molecule has 68 valence electrons. The molecule has 0 bridgehead atoms. The SMILES string of the molecule is N#CC(F)(F)c1c(F)cccc1Cl. The largest absolute Gasteiger partial charge is 0.361 e. The molecule has 0 atom stereocenters. The molecule has 0 saturated carbocycles. The van der Waals surface area contributed by atoms with E-state index in [4.69, 9.17) is 16.9 Å². The van der Waals surface area contributed by atoms with Gasteiger partial charge in [-0.3, -0.25) is 0 Å². The quantitative estimate of drug-likeness (QED) is 0.691. The van der Waals surface area contributed by atoms with Crippen LogP contribution in [0.25, 0.3) is 0 Å². The van der Waals surface area contributed by atoms with Crippen molar-refractivity contribution in [3.8, 4) is 6.07 Å². The van der Waals surface area contributed by atoms with Crippen molar-refractivity contribution in [3.05, 3.63) is 34.6 Å². The minimum absolute atomic E-state index is 0.452. The predicted molar refractivity (Wildman–Crippen MR) is 40.9 cm³/mol. The zero-order chi connectivity index (χ0) is 10.1. The standard InChI is InChI=1S/C8H3ClF3N/c9-5-2-1-3-6(10)7(5)8(11,12)4-13/h1-3H. The van der Waals surface area contributed by atoms with Gasteiger partial charge in [-0.15, -0.1) is 0 Å². The van der Waals surface area contributed by atoms with E-state index in [0.29, 0.717) is 6.07 Å². The highest BCUT2D eigenvalue weighted by molar-refractivity contribution is 6.31. The first-order valence-electron chi connectivity index (χ1n) is 3.22. The molecule has 0 fully saturated rings. The Kier molecular flexibility index (Phi) is 2.48. The van der Waals surface area contributed by atoms with Crippen molar-refractivity contribution < 1.29 is 13.2 Å². The molecule has 0 amide bonds. The molecule has 0 heterocycles. The third-order valence-corrected chi connectivity index (χ3v) is 1.73. The molecule has 0 radical (unpaired) electrons. The molecule has 1 aromatic carbocycles. The third kappa shape index (κ3) is 1.76. The first-order valence-corrected chi connectivity index (χ1v) is 3.60. The molecule has 0 aliphatic carbocycles. The van der Waals surface area contributed by atoms with Crippen LogP contribution in [0, 0.1) is 17.1 Å². The van der Waals surface area contributed by atoms with E-state index < -0.39 is 22.3 Å². The molecule has 0 saturated heterocycles. The molecule has 0 aliphatic rings. The molecular formula is C8H3ClF3N. The van der Waals surface area contributed by atoms with Gasteiger partial charge in [-0.05, 0) is 12.1 Å². The smallest absolute Gasteiger partial charge is 0.206 e. The Labute approximate surface area is 77.4 Å². The molecule has 1 aromatic rings. The Hall–Kier alpha value is -1.21. The van der Waals surface area contributed by atoms with Crippen LogP contribution < -0.4 is 0 Å². The van der Waals surface area contributed by atoms with Crippen LogP contribution in [-0.4, -0.2) is 0 Å². The molecule has 13 heavy (non-hydrogen) atoms. The van der Waals surface area contributed by atoms with E-state index in [2.05, 4.69) is 0 Å². The summed E-state index contributed by atoms with van der Waals surface area (Å²) in [4.78, 5) is 0. The first kappa shape index (κ1) is 9.87. The van der Waals surface area contributed by atoms with E-state index in [9.17, 15) is 13.2 Å². The predicted octanol–water partition coefficient (Wildman–Crippen LogP) is 3.09. The highest BCUT2D eigenvalue weighted by atomic mass is 35.5. The Balaban J connectivity index is 3.38. The van der Waals surface area contributed by atoms with Crippen molar-refractivity contribution in [1.29, 1.82) is 5.26 Å². The molecule has 0 aromatic heterocycles. The van der Waals surface area contributed by atoms with Crippen LogP contribution in [0.4, 0.5) is 13.2 Å². The van der Waals surface area contributed by atoms with Gasteiger partial charge in [0.1, 0.15) is 11.9 Å². The number of rotatable bonds is 1. The van der Waals surface area contributed by atoms with Gasteiger partial charge in [-0.25, -0.2) is 4.39 Å². The second kappa shape index (κ2) is 3.27. The number of halogens is 4. The van der Waals surface area contributed by atoms with Crippen LogP contribution in [0.2, 0.25) is 5.02 Å². The number of alkyl halides is 2. The van der Waals surface area contributed by atoms with Crippen LogP contribution in [0.15, 0.2) is 18.2 Å². The van der Waals surface area contributed by atoms with Gasteiger partial charge in [-0.2, -0.15) is 14.0 Å². The van der Waals surface area contributed by atoms with Crippen LogP contribution in [-0.2, 0) is 5.92 Å². The van der Waals surface area contributed by atoms with Gasteiger partial charge in [0.15, 0.2) is 0 Å². The highest BCUT2D eigenvalue weighted by Gasteiger charge is 2.36. The normalized spacial score (nSPS) is 11.0. The van der Waals surface area contributed by atoms with Crippen LogP contribution in [0.1, 0.15) is 5.56 Å². The number of nitrogens with zero attached hydrogens (tertiary/aromatic N) is 1. The molecule has 0 spiro atoms. The fraction of sp³-hybridized carbons (Fsp3) is 0.125. The molecule has 1 nitrogen and oxygen atoms in total. The first-order chi connectivity index (χ1) is 5.99. The van der Waals surface area contributed by atoms with E-state index in [0.717, 1.165) is 12.1 Å². The molecular weight excluding hydrogens is 203 g/mol. The van der Waals surface area contributed by atoms with E-state index in [1.807, 2.05) is 0 Å². The second-order valence-electron chi connectivity index (χ2n) is 2.28. The Bertz CT molecular complexity index is 350. The monoisotopic (exact) mass is 205 g/mol. The zero-order valence-electron chi connectivity index (χ0n) is 6.19. The summed E-state index contributed by atoms with van der Waals surface area (Å²) in [6, 6.07) is 3.80. The maximum absolute atomic E-state index is 12.8. The lowest BCUT2D eigenvalue weighted by atomic mass is 10.1. The Morgan fingerprint density at radius 3 is 2.46 bits per heavy atom. The van der Waals surface area contributed by atoms with Gasteiger partial charge in [0.25, 0.3) is 0 Å². The highest BCUT2D eigenvalue weighted by Crippen LogP contribution is 2.34. The van der Waals surface area contributed by atoms with Gasteiger partial charge in [0.2, 0.25) is 0 Å². The van der Waals surface area contributed by atoms with Crippen LogP contribution in [0.3, 0.4) is 0 Å². The summed E-state index contributed by atoms with van der Waals surface area (Å²) in [6.07, 6.45) is 0. The Morgan fingerprint density at radius 2 is 2.00 bits per heavy atom. The summed E-state index contributed by atoms with van der Waals surface area (Å²) in [5.74, 6) is -5.07. The fourth-order valence-corrected chi connectivity index (χ4v) is 1.14.